The molecule has 0 aromatic heterocycles. The maximum Gasteiger partial charge on any atom is 0.231 e. The molecule has 5 heteroatoms. The molecule has 2 aliphatic heterocycles. The van der Waals surface area contributed by atoms with Crippen molar-refractivity contribution in [2.24, 2.45) is 5.92 Å². The molecule has 5 rings (SSSR count). The fourth-order valence-electron chi connectivity index (χ4n) is 3.60. The Labute approximate surface area is 161 Å². The third kappa shape index (κ3) is 3.36. The van der Waals surface area contributed by atoms with Crippen molar-refractivity contribution in [3.05, 3.63) is 64.1 Å². The molecule has 134 valence electrons. The quantitative estimate of drug-likeness (QED) is 0.518. The van der Waals surface area contributed by atoms with Crippen LogP contribution in [0.15, 0.2) is 53.0 Å². The number of nitrogens with one attached hydrogen (secondary N) is 1. The van der Waals surface area contributed by atoms with Crippen LogP contribution < -0.4 is 14.8 Å². The van der Waals surface area contributed by atoms with Crippen LogP contribution in [0.25, 0.3) is 0 Å². The van der Waals surface area contributed by atoms with Gasteiger partial charge >= 0.3 is 0 Å². The zero-order valence-corrected chi connectivity index (χ0v) is 16.1. The topological polar surface area (TPSA) is 47.6 Å². The molecule has 2 atom stereocenters. The van der Waals surface area contributed by atoms with Crippen LogP contribution in [0.5, 0.6) is 11.5 Å². The van der Waals surface area contributed by atoms with Gasteiger partial charge < -0.3 is 14.8 Å². The lowest BCUT2D eigenvalue weighted by Gasteiger charge is -2.29. The molecule has 1 aliphatic carbocycles. The predicted octanol–water partition coefficient (Wildman–Crippen LogP) is 5.15. The summed E-state index contributed by atoms with van der Waals surface area (Å²) >= 11 is 3.33. The Morgan fingerprint density at radius 2 is 2.00 bits per heavy atom. The summed E-state index contributed by atoms with van der Waals surface area (Å²) in [5.74, 6) is 2.97. The zero-order valence-electron chi connectivity index (χ0n) is 14.5. The van der Waals surface area contributed by atoms with Gasteiger partial charge in [0.1, 0.15) is 0 Å². The molecule has 2 heterocycles. The summed E-state index contributed by atoms with van der Waals surface area (Å²) in [5, 5.41) is 3.45. The van der Waals surface area contributed by atoms with E-state index in [4.69, 9.17) is 9.47 Å². The number of fused-ring (bicyclic) bond motifs is 4. The average molecular weight is 414 g/mol. The lowest BCUT2D eigenvalue weighted by molar-refractivity contribution is 0.101. The summed E-state index contributed by atoms with van der Waals surface area (Å²) in [6.07, 6.45) is 5.70. The number of carbonyl (C=O) groups is 1. The molecule has 0 radical (unpaired) electrons. The number of rotatable bonds is 1. The molecule has 3 aliphatic rings. The van der Waals surface area contributed by atoms with Crippen LogP contribution in [-0.4, -0.2) is 19.1 Å². The Morgan fingerprint density at radius 1 is 1.15 bits per heavy atom. The van der Waals surface area contributed by atoms with Crippen molar-refractivity contribution in [3.8, 4) is 11.5 Å². The van der Waals surface area contributed by atoms with Crippen molar-refractivity contribution in [2.45, 2.75) is 19.3 Å². The van der Waals surface area contributed by atoms with Crippen LogP contribution in [0.4, 0.5) is 5.69 Å². The second-order valence-corrected chi connectivity index (χ2v) is 7.60. The van der Waals surface area contributed by atoms with E-state index in [0.717, 1.165) is 34.5 Å². The highest BCUT2D eigenvalue weighted by Gasteiger charge is 2.30. The van der Waals surface area contributed by atoms with Gasteiger partial charge in [-0.2, -0.15) is 0 Å². The minimum Gasteiger partial charge on any atom is -0.454 e. The summed E-state index contributed by atoms with van der Waals surface area (Å²) in [6, 6.07) is 11.7. The van der Waals surface area contributed by atoms with E-state index in [-0.39, 0.29) is 5.78 Å². The van der Waals surface area contributed by atoms with Crippen molar-refractivity contribution in [1.82, 2.24) is 0 Å². The normalized spacial score (nSPS) is 21.2. The number of hydrogen-bond donors (Lipinski definition) is 1. The molecule has 0 bridgehead atoms. The largest absolute Gasteiger partial charge is 0.454 e. The molecule has 0 saturated carbocycles. The first-order valence-corrected chi connectivity index (χ1v) is 9.51. The lowest BCUT2D eigenvalue weighted by Crippen LogP contribution is -2.24. The van der Waals surface area contributed by atoms with E-state index < -0.39 is 0 Å². The van der Waals surface area contributed by atoms with E-state index in [0.29, 0.717) is 18.6 Å². The van der Waals surface area contributed by atoms with Crippen molar-refractivity contribution in [1.29, 1.82) is 0 Å². The summed E-state index contributed by atoms with van der Waals surface area (Å²) in [4.78, 5) is 11.4. The molecule has 1 N–H and O–H groups in total. The fourth-order valence-corrected chi connectivity index (χ4v) is 3.94. The van der Waals surface area contributed by atoms with Crippen LogP contribution in [-0.2, 0) is 0 Å². The second-order valence-electron chi connectivity index (χ2n) is 6.69. The highest BCUT2D eigenvalue weighted by Crippen LogP contribution is 2.41. The number of anilines is 1. The van der Waals surface area contributed by atoms with Crippen LogP contribution in [0.3, 0.4) is 0 Å². The molecule has 0 saturated heterocycles. The van der Waals surface area contributed by atoms with Crippen LogP contribution in [0.2, 0.25) is 0 Å². The van der Waals surface area contributed by atoms with E-state index in [9.17, 15) is 4.79 Å². The number of Topliss-reactive ketones (excluding diaryl/α,β-unsaturated/α-hetero) is 1. The minimum absolute atomic E-state index is 0.145. The third-order valence-electron chi connectivity index (χ3n) is 5.00. The van der Waals surface area contributed by atoms with Crippen LogP contribution in [0.1, 0.15) is 35.2 Å². The van der Waals surface area contributed by atoms with Crippen molar-refractivity contribution in [2.75, 3.05) is 18.7 Å². The summed E-state index contributed by atoms with van der Waals surface area (Å²) in [6.45, 7) is 3.01. The molecular formula is C21H20BrNO3. The number of carbonyl (C=O) groups excluding carboxylic acids is 1. The number of ether oxygens (including phenoxy) is 2. The van der Waals surface area contributed by atoms with Crippen molar-refractivity contribution in [3.63, 3.8) is 0 Å². The van der Waals surface area contributed by atoms with Crippen molar-refractivity contribution >= 4 is 27.4 Å². The number of halogens is 1. The SMILES string of the molecule is Brc1ccc2c(c1)OCO2.CC(=O)c1ccc2c(c1)C1C=CCC1CN2. The monoisotopic (exact) mass is 413 g/mol. The zero-order chi connectivity index (χ0) is 18.1. The van der Waals surface area contributed by atoms with Gasteiger partial charge in [-0.3, -0.25) is 4.79 Å². The van der Waals surface area contributed by atoms with E-state index >= 15 is 0 Å². The maximum atomic E-state index is 11.4. The first-order valence-electron chi connectivity index (χ1n) is 8.72. The Bertz CT molecular complexity index is 878. The minimum atomic E-state index is 0.145. The van der Waals surface area contributed by atoms with E-state index in [1.807, 2.05) is 30.3 Å². The van der Waals surface area contributed by atoms with Gasteiger partial charge in [0.25, 0.3) is 0 Å². The summed E-state index contributed by atoms with van der Waals surface area (Å²) in [7, 11) is 0. The molecule has 0 fully saturated rings. The van der Waals surface area contributed by atoms with Gasteiger partial charge in [0, 0.05) is 28.2 Å². The number of ketones is 1. The molecule has 26 heavy (non-hydrogen) atoms. The highest BCUT2D eigenvalue weighted by atomic mass is 79.9. The Kier molecular flexibility index (Phi) is 4.72. The predicted molar refractivity (Wildman–Crippen MR) is 105 cm³/mol. The van der Waals surface area contributed by atoms with Gasteiger partial charge in [0.05, 0.1) is 0 Å². The molecule has 2 unspecified atom stereocenters. The Morgan fingerprint density at radius 3 is 2.85 bits per heavy atom. The molecule has 4 nitrogen and oxygen atoms in total. The first-order chi connectivity index (χ1) is 12.6. The van der Waals surface area contributed by atoms with Crippen LogP contribution >= 0.6 is 15.9 Å². The standard InChI is InChI=1S/C14H15NO.C7H5BrO2/c1-9(16)10-5-6-14-13(7-10)12-4-2-3-11(12)8-15-14;8-5-1-2-6-7(3-5)10-4-9-6/h2,4-7,11-12,15H,3,8H2,1H3;1-3H,4H2. The maximum absolute atomic E-state index is 11.4. The molecular weight excluding hydrogens is 394 g/mol. The van der Waals surface area contributed by atoms with Gasteiger partial charge in [0.15, 0.2) is 17.3 Å². The fraction of sp³-hybridized carbons (Fsp3) is 0.286. The summed E-state index contributed by atoms with van der Waals surface area (Å²) < 4.78 is 11.2. The van der Waals surface area contributed by atoms with Crippen molar-refractivity contribution < 1.29 is 14.3 Å². The smallest absolute Gasteiger partial charge is 0.231 e. The first kappa shape index (κ1) is 17.2. The molecule has 2 aromatic carbocycles. The van der Waals surface area contributed by atoms with Gasteiger partial charge in [-0.05, 0) is 61.2 Å². The second kappa shape index (κ2) is 7.16. The highest BCUT2D eigenvalue weighted by molar-refractivity contribution is 9.10. The van der Waals surface area contributed by atoms with Crippen LogP contribution in [0, 0.1) is 5.92 Å². The van der Waals surface area contributed by atoms with Gasteiger partial charge in [-0.1, -0.05) is 28.1 Å². The molecule has 2 aromatic rings. The van der Waals surface area contributed by atoms with E-state index in [1.165, 1.54) is 11.3 Å². The van der Waals surface area contributed by atoms with Gasteiger partial charge in [-0.15, -0.1) is 0 Å². The van der Waals surface area contributed by atoms with Gasteiger partial charge in [0.2, 0.25) is 6.79 Å². The third-order valence-corrected chi connectivity index (χ3v) is 5.49. The Hall–Kier alpha value is -2.27. The number of hydrogen-bond acceptors (Lipinski definition) is 4. The van der Waals surface area contributed by atoms with E-state index in [1.54, 1.807) is 6.92 Å². The average Bonchev–Trinajstić information content (AvgIpc) is 3.30. The van der Waals surface area contributed by atoms with E-state index in [2.05, 4.69) is 39.5 Å². The molecule has 0 spiro atoms. The molecule has 0 amide bonds. The summed E-state index contributed by atoms with van der Waals surface area (Å²) in [5.41, 5.74) is 3.30. The number of allylic oxidation sites excluding steroid dienone is 2. The Balaban J connectivity index is 0.000000144. The van der Waals surface area contributed by atoms with Gasteiger partial charge in [-0.25, -0.2) is 0 Å². The lowest BCUT2D eigenvalue weighted by atomic mass is 9.83. The number of benzene rings is 2.